The van der Waals surface area contributed by atoms with Gasteiger partial charge in [0.15, 0.2) is 5.78 Å². The minimum atomic E-state index is 0.121. The molecule has 1 aliphatic heterocycles. The number of Topliss-reactive ketones (excluding diaryl/α,β-unsaturated/α-hetero) is 1. The number of carbonyl (C=O) groups is 1. The second kappa shape index (κ2) is 7.37. The fourth-order valence-electron chi connectivity index (χ4n) is 3.00. The largest absolute Gasteiger partial charge is 0.488 e. The maximum absolute atomic E-state index is 12.3. The summed E-state index contributed by atoms with van der Waals surface area (Å²) in [6.45, 7) is 4.65. The van der Waals surface area contributed by atoms with Crippen molar-refractivity contribution in [1.29, 1.82) is 0 Å². The van der Waals surface area contributed by atoms with Crippen LogP contribution in [-0.2, 0) is 6.42 Å². The lowest BCUT2D eigenvalue weighted by atomic mass is 10.0. The highest BCUT2D eigenvalue weighted by atomic mass is 35.5. The highest BCUT2D eigenvalue weighted by Crippen LogP contribution is 2.29. The molecule has 3 nitrogen and oxygen atoms in total. The van der Waals surface area contributed by atoms with Crippen LogP contribution in [-0.4, -0.2) is 24.5 Å². The van der Waals surface area contributed by atoms with Crippen molar-refractivity contribution in [2.45, 2.75) is 38.8 Å². The van der Waals surface area contributed by atoms with Gasteiger partial charge in [-0.05, 0) is 49.2 Å². The van der Waals surface area contributed by atoms with E-state index < -0.39 is 0 Å². The minimum Gasteiger partial charge on any atom is -0.488 e. The highest BCUT2D eigenvalue weighted by Gasteiger charge is 2.27. The number of halogens is 1. The first kappa shape index (κ1) is 17.0. The van der Waals surface area contributed by atoms with Crippen LogP contribution in [0.2, 0.25) is 5.02 Å². The highest BCUT2D eigenvalue weighted by molar-refractivity contribution is 6.31. The van der Waals surface area contributed by atoms with Crippen molar-refractivity contribution in [2.24, 2.45) is 0 Å². The molecule has 0 bridgehead atoms. The van der Waals surface area contributed by atoms with Gasteiger partial charge in [-0.1, -0.05) is 29.8 Å². The van der Waals surface area contributed by atoms with Crippen molar-refractivity contribution >= 4 is 17.4 Å². The third kappa shape index (κ3) is 3.80. The second-order valence-electron chi connectivity index (χ2n) is 6.35. The number of carbonyl (C=O) groups excluding carboxylic acids is 1. The van der Waals surface area contributed by atoms with Gasteiger partial charge in [0.2, 0.25) is 0 Å². The monoisotopic (exact) mass is 343 g/mol. The van der Waals surface area contributed by atoms with Gasteiger partial charge in [-0.2, -0.15) is 0 Å². The van der Waals surface area contributed by atoms with Gasteiger partial charge < -0.3 is 10.1 Å². The van der Waals surface area contributed by atoms with E-state index in [1.54, 1.807) is 12.1 Å². The van der Waals surface area contributed by atoms with Crippen LogP contribution in [0.15, 0.2) is 42.5 Å². The van der Waals surface area contributed by atoms with Gasteiger partial charge in [-0.25, -0.2) is 0 Å². The molecule has 2 atom stereocenters. The maximum Gasteiger partial charge on any atom is 0.164 e. The van der Waals surface area contributed by atoms with Crippen molar-refractivity contribution in [3.8, 4) is 5.75 Å². The number of hydrogen-bond donors (Lipinski definition) is 1. The molecule has 0 radical (unpaired) electrons. The standard InChI is InChI=1S/C20H22ClNO2/c1-13-11-15(7-8-17(13)21)18(23)9-10-22-14(2)20-12-16-5-3-4-6-19(16)24-20/h3-8,11,14,20,22H,9-10,12H2,1-2H3. The third-order valence-electron chi connectivity index (χ3n) is 4.53. The quantitative estimate of drug-likeness (QED) is 0.799. The van der Waals surface area contributed by atoms with E-state index in [2.05, 4.69) is 18.3 Å². The Kier molecular flexibility index (Phi) is 5.22. The molecule has 2 aromatic rings. The number of rotatable bonds is 6. The van der Waals surface area contributed by atoms with E-state index in [-0.39, 0.29) is 17.9 Å². The predicted octanol–water partition coefficient (Wildman–Crippen LogP) is 4.20. The van der Waals surface area contributed by atoms with Crippen LogP contribution in [0.25, 0.3) is 0 Å². The summed E-state index contributed by atoms with van der Waals surface area (Å²) >= 11 is 6.00. The fraction of sp³-hybridized carbons (Fsp3) is 0.350. The van der Waals surface area contributed by atoms with Crippen molar-refractivity contribution in [3.63, 3.8) is 0 Å². The van der Waals surface area contributed by atoms with Crippen LogP contribution in [0.4, 0.5) is 0 Å². The number of para-hydroxylation sites is 1. The first-order valence-corrected chi connectivity index (χ1v) is 8.69. The molecule has 1 aliphatic rings. The van der Waals surface area contributed by atoms with Crippen LogP contribution >= 0.6 is 11.6 Å². The van der Waals surface area contributed by atoms with Gasteiger partial charge in [0.1, 0.15) is 11.9 Å². The molecule has 126 valence electrons. The Labute approximate surface area is 148 Å². The Hall–Kier alpha value is -1.84. The van der Waals surface area contributed by atoms with Gasteiger partial charge >= 0.3 is 0 Å². The number of fused-ring (bicyclic) bond motifs is 1. The molecule has 0 aliphatic carbocycles. The van der Waals surface area contributed by atoms with Gasteiger partial charge in [0, 0.05) is 36.0 Å². The van der Waals surface area contributed by atoms with E-state index in [9.17, 15) is 4.79 Å². The lowest BCUT2D eigenvalue weighted by molar-refractivity contribution is 0.0978. The molecule has 2 unspecified atom stereocenters. The molecule has 1 N–H and O–H groups in total. The SMILES string of the molecule is Cc1cc(C(=O)CCNC(C)C2Cc3ccccc3O2)ccc1Cl. The molecule has 0 aromatic heterocycles. The second-order valence-corrected chi connectivity index (χ2v) is 6.76. The molecule has 0 amide bonds. The zero-order chi connectivity index (χ0) is 17.1. The summed E-state index contributed by atoms with van der Waals surface area (Å²) in [7, 11) is 0. The smallest absolute Gasteiger partial charge is 0.164 e. The van der Waals surface area contributed by atoms with E-state index in [1.807, 2.05) is 31.2 Å². The zero-order valence-corrected chi connectivity index (χ0v) is 14.8. The van der Waals surface area contributed by atoms with Crippen LogP contribution in [0, 0.1) is 6.92 Å². The van der Waals surface area contributed by atoms with Crippen LogP contribution < -0.4 is 10.1 Å². The molecule has 24 heavy (non-hydrogen) atoms. The fourth-order valence-corrected chi connectivity index (χ4v) is 3.11. The number of ether oxygens (including phenoxy) is 1. The molecule has 0 saturated heterocycles. The van der Waals surface area contributed by atoms with Crippen molar-refractivity contribution in [1.82, 2.24) is 5.32 Å². The summed E-state index contributed by atoms with van der Waals surface area (Å²) in [6, 6.07) is 13.8. The first-order valence-electron chi connectivity index (χ1n) is 8.32. The summed E-state index contributed by atoms with van der Waals surface area (Å²) in [5, 5.41) is 4.11. The molecule has 1 heterocycles. The normalized spacial score (nSPS) is 17.2. The number of hydrogen-bond acceptors (Lipinski definition) is 3. The number of aryl methyl sites for hydroxylation is 1. The summed E-state index contributed by atoms with van der Waals surface area (Å²) < 4.78 is 5.98. The van der Waals surface area contributed by atoms with Crippen molar-refractivity contribution < 1.29 is 9.53 Å². The lowest BCUT2D eigenvalue weighted by Gasteiger charge is -2.20. The average Bonchev–Trinajstić information content (AvgIpc) is 3.01. The van der Waals surface area contributed by atoms with E-state index in [0.29, 0.717) is 18.0 Å². The molecule has 3 rings (SSSR count). The van der Waals surface area contributed by atoms with Gasteiger partial charge in [0.05, 0.1) is 0 Å². The predicted molar refractivity (Wildman–Crippen MR) is 97.2 cm³/mol. The Morgan fingerprint density at radius 3 is 2.88 bits per heavy atom. The topological polar surface area (TPSA) is 38.3 Å². The summed E-state index contributed by atoms with van der Waals surface area (Å²) in [5.74, 6) is 1.11. The van der Waals surface area contributed by atoms with Gasteiger partial charge in [-0.3, -0.25) is 4.79 Å². The van der Waals surface area contributed by atoms with E-state index >= 15 is 0 Å². The van der Waals surface area contributed by atoms with Gasteiger partial charge in [0.25, 0.3) is 0 Å². The van der Waals surface area contributed by atoms with E-state index in [4.69, 9.17) is 16.3 Å². The van der Waals surface area contributed by atoms with Crippen molar-refractivity contribution in [2.75, 3.05) is 6.54 Å². The van der Waals surface area contributed by atoms with E-state index in [1.165, 1.54) is 5.56 Å². The molecule has 4 heteroatoms. The van der Waals surface area contributed by atoms with Crippen LogP contribution in [0.1, 0.15) is 34.8 Å². The number of nitrogens with one attached hydrogen (secondary N) is 1. The lowest BCUT2D eigenvalue weighted by Crippen LogP contribution is -2.40. The average molecular weight is 344 g/mol. The number of benzene rings is 2. The Balaban J connectivity index is 1.48. The summed E-state index contributed by atoms with van der Waals surface area (Å²) in [4.78, 5) is 12.3. The van der Waals surface area contributed by atoms with Crippen molar-refractivity contribution in [3.05, 3.63) is 64.2 Å². The van der Waals surface area contributed by atoms with E-state index in [0.717, 1.165) is 23.3 Å². The van der Waals surface area contributed by atoms with Gasteiger partial charge in [-0.15, -0.1) is 0 Å². The Bertz CT molecular complexity index is 719. The minimum absolute atomic E-state index is 0.121. The maximum atomic E-state index is 12.3. The zero-order valence-electron chi connectivity index (χ0n) is 14.0. The molecule has 0 fully saturated rings. The third-order valence-corrected chi connectivity index (χ3v) is 4.95. The summed E-state index contributed by atoms with van der Waals surface area (Å²) in [5.41, 5.74) is 2.90. The van der Waals surface area contributed by atoms with Crippen LogP contribution in [0.3, 0.4) is 0 Å². The molecule has 0 saturated carbocycles. The Morgan fingerprint density at radius 2 is 2.12 bits per heavy atom. The molecular formula is C20H22ClNO2. The summed E-state index contributed by atoms with van der Waals surface area (Å²) in [6.07, 6.45) is 1.50. The van der Waals surface area contributed by atoms with Crippen LogP contribution in [0.5, 0.6) is 5.75 Å². The first-order chi connectivity index (χ1) is 11.5. The molecule has 0 spiro atoms. The molecule has 2 aromatic carbocycles. The molecular weight excluding hydrogens is 322 g/mol. The Morgan fingerprint density at radius 1 is 1.33 bits per heavy atom. The number of ketones is 1.